The number of aryl methyl sites for hydroxylation is 1. The van der Waals surface area contributed by atoms with Crippen LogP contribution in [0.1, 0.15) is 13.3 Å². The van der Waals surface area contributed by atoms with Gasteiger partial charge in [-0.2, -0.15) is 0 Å². The maximum Gasteiger partial charge on any atom is 0.178 e. The first-order valence-electron chi connectivity index (χ1n) is 9.17. The molecule has 154 valence electrons. The fourth-order valence-electron chi connectivity index (χ4n) is 3.50. The highest BCUT2D eigenvalue weighted by Gasteiger charge is 2.11. The Labute approximate surface area is 181 Å². The molecule has 0 unspecified atom stereocenters. The van der Waals surface area contributed by atoms with Crippen molar-refractivity contribution in [3.8, 4) is 0 Å². The smallest absolute Gasteiger partial charge is 0.178 e. The van der Waals surface area contributed by atoms with E-state index in [4.69, 9.17) is 17.0 Å². The van der Waals surface area contributed by atoms with Gasteiger partial charge in [0.15, 0.2) is 4.77 Å². The van der Waals surface area contributed by atoms with E-state index >= 15 is 0 Å². The second kappa shape index (κ2) is 10.4. The van der Waals surface area contributed by atoms with E-state index in [9.17, 15) is 0 Å². The zero-order chi connectivity index (χ0) is 17.9. The number of hydrogen-bond donors (Lipinski definition) is 2. The molecule has 1 saturated heterocycles. The predicted molar refractivity (Wildman–Crippen MR) is 121 cm³/mol. The number of nitrogens with zero attached hydrogens (tertiary/aromatic N) is 4. The Kier molecular flexibility index (Phi) is 8.45. The number of ether oxygens (including phenoxy) is 1. The van der Waals surface area contributed by atoms with Crippen molar-refractivity contribution in [2.24, 2.45) is 0 Å². The van der Waals surface area contributed by atoms with Crippen molar-refractivity contribution < 1.29 is 4.74 Å². The van der Waals surface area contributed by atoms with Crippen LogP contribution in [0.5, 0.6) is 0 Å². The zero-order valence-corrected chi connectivity index (χ0v) is 18.3. The van der Waals surface area contributed by atoms with Crippen LogP contribution in [0.2, 0.25) is 0 Å². The molecular weight excluding hydrogens is 419 g/mol. The number of fused-ring (bicyclic) bond motifs is 2. The number of halogens is 2. The minimum atomic E-state index is 0. The molecule has 0 spiro atoms. The summed E-state index contributed by atoms with van der Waals surface area (Å²) in [5.74, 6) is 0.877. The van der Waals surface area contributed by atoms with Gasteiger partial charge in [0.25, 0.3) is 0 Å². The van der Waals surface area contributed by atoms with Gasteiger partial charge < -0.3 is 19.6 Å². The van der Waals surface area contributed by atoms with Gasteiger partial charge in [-0.15, -0.1) is 24.8 Å². The number of benzene rings is 1. The number of rotatable bonds is 6. The molecule has 0 atom stereocenters. The molecule has 1 aliphatic heterocycles. The molecule has 2 N–H and O–H groups in total. The third kappa shape index (κ3) is 4.75. The molecule has 4 rings (SSSR count). The van der Waals surface area contributed by atoms with E-state index in [0.29, 0.717) is 0 Å². The van der Waals surface area contributed by atoms with Gasteiger partial charge in [-0.25, -0.2) is 9.97 Å². The molecule has 0 radical (unpaired) electrons. The number of nitrogens with one attached hydrogen (secondary N) is 2. The zero-order valence-electron chi connectivity index (χ0n) is 15.8. The molecule has 0 aliphatic carbocycles. The summed E-state index contributed by atoms with van der Waals surface area (Å²) in [4.78, 5) is 14.6. The standard InChI is InChI=1S/C18H24N6OS.2ClH/c1-2-24-16-11-14-13(10-15(16)22-18(24)26)17(21-12-20-14)19-4-3-5-23-6-8-25-9-7-23;;/h10-12H,2-9H2,1H3,(H,22,26)(H,19,20,21);2*1H. The Bertz CT molecular complexity index is 970. The Morgan fingerprint density at radius 3 is 2.75 bits per heavy atom. The van der Waals surface area contributed by atoms with Gasteiger partial charge in [0.1, 0.15) is 12.1 Å². The van der Waals surface area contributed by atoms with E-state index in [-0.39, 0.29) is 24.8 Å². The minimum absolute atomic E-state index is 0. The summed E-state index contributed by atoms with van der Waals surface area (Å²) in [6.07, 6.45) is 2.69. The number of H-pyrrole nitrogens is 1. The first-order valence-corrected chi connectivity index (χ1v) is 9.58. The Morgan fingerprint density at radius 1 is 1.21 bits per heavy atom. The third-order valence-electron chi connectivity index (χ3n) is 4.89. The van der Waals surface area contributed by atoms with Crippen LogP contribution in [0, 0.1) is 4.77 Å². The monoisotopic (exact) mass is 444 g/mol. The van der Waals surface area contributed by atoms with Crippen LogP contribution >= 0.6 is 37.0 Å². The van der Waals surface area contributed by atoms with Crippen LogP contribution in [-0.2, 0) is 11.3 Å². The molecule has 1 aliphatic rings. The van der Waals surface area contributed by atoms with Gasteiger partial charge in [0.2, 0.25) is 0 Å². The molecule has 10 heteroatoms. The SMILES string of the molecule is CCn1c(=S)[nH]c2cc3c(NCCCN4CCOCC4)ncnc3cc21.Cl.Cl. The summed E-state index contributed by atoms with van der Waals surface area (Å²) in [7, 11) is 0. The molecule has 0 saturated carbocycles. The summed E-state index contributed by atoms with van der Waals surface area (Å²) < 4.78 is 8.22. The van der Waals surface area contributed by atoms with Crippen LogP contribution in [-0.4, -0.2) is 63.8 Å². The van der Waals surface area contributed by atoms with Gasteiger partial charge in [0, 0.05) is 31.6 Å². The largest absolute Gasteiger partial charge is 0.379 e. The van der Waals surface area contributed by atoms with E-state index in [2.05, 4.69) is 48.8 Å². The highest BCUT2D eigenvalue weighted by Crippen LogP contribution is 2.25. The number of imidazole rings is 1. The van der Waals surface area contributed by atoms with Crippen molar-refractivity contribution in [1.29, 1.82) is 0 Å². The highest BCUT2D eigenvalue weighted by atomic mass is 35.5. The van der Waals surface area contributed by atoms with Gasteiger partial charge in [0.05, 0.1) is 29.8 Å². The second-order valence-electron chi connectivity index (χ2n) is 6.52. The van der Waals surface area contributed by atoms with Crippen LogP contribution in [0.25, 0.3) is 21.9 Å². The van der Waals surface area contributed by atoms with E-state index in [1.165, 1.54) is 0 Å². The van der Waals surface area contributed by atoms with Crippen LogP contribution in [0.3, 0.4) is 0 Å². The quantitative estimate of drug-likeness (QED) is 0.446. The Hall–Kier alpha value is -1.45. The van der Waals surface area contributed by atoms with E-state index < -0.39 is 0 Å². The normalized spacial score (nSPS) is 14.6. The molecule has 2 aromatic heterocycles. The van der Waals surface area contributed by atoms with Gasteiger partial charge in [-0.05, 0) is 44.2 Å². The van der Waals surface area contributed by atoms with E-state index in [1.807, 2.05) is 0 Å². The van der Waals surface area contributed by atoms with Crippen molar-refractivity contribution >= 4 is 64.8 Å². The summed E-state index contributed by atoms with van der Waals surface area (Å²) in [6.45, 7) is 8.64. The molecular formula is C18H26Cl2N6OS. The van der Waals surface area contributed by atoms with Crippen molar-refractivity contribution in [1.82, 2.24) is 24.4 Å². The minimum Gasteiger partial charge on any atom is -0.379 e. The van der Waals surface area contributed by atoms with Gasteiger partial charge in [-0.3, -0.25) is 4.90 Å². The average Bonchev–Trinajstić information content (AvgIpc) is 2.98. The van der Waals surface area contributed by atoms with Crippen molar-refractivity contribution in [2.75, 3.05) is 44.7 Å². The lowest BCUT2D eigenvalue weighted by Gasteiger charge is -2.26. The number of hydrogen-bond acceptors (Lipinski definition) is 6. The number of anilines is 1. The summed E-state index contributed by atoms with van der Waals surface area (Å²) in [5, 5.41) is 4.49. The molecule has 0 amide bonds. The molecule has 1 fully saturated rings. The number of aromatic nitrogens is 4. The lowest BCUT2D eigenvalue weighted by molar-refractivity contribution is 0.0378. The highest BCUT2D eigenvalue weighted by molar-refractivity contribution is 7.71. The lowest BCUT2D eigenvalue weighted by Crippen LogP contribution is -2.37. The maximum absolute atomic E-state index is 5.41. The van der Waals surface area contributed by atoms with Crippen LogP contribution < -0.4 is 5.32 Å². The predicted octanol–water partition coefficient (Wildman–Crippen LogP) is 3.64. The van der Waals surface area contributed by atoms with Crippen molar-refractivity contribution in [2.45, 2.75) is 19.9 Å². The van der Waals surface area contributed by atoms with Crippen LogP contribution in [0.4, 0.5) is 5.82 Å². The first-order chi connectivity index (χ1) is 12.8. The maximum atomic E-state index is 5.41. The molecule has 7 nitrogen and oxygen atoms in total. The molecule has 0 bridgehead atoms. The molecule has 1 aromatic carbocycles. The summed E-state index contributed by atoms with van der Waals surface area (Å²) in [5.41, 5.74) is 3.04. The van der Waals surface area contributed by atoms with E-state index in [1.54, 1.807) is 6.33 Å². The average molecular weight is 445 g/mol. The summed E-state index contributed by atoms with van der Waals surface area (Å²) >= 11 is 5.41. The number of aromatic amines is 1. The molecule has 3 aromatic rings. The second-order valence-corrected chi connectivity index (χ2v) is 6.90. The van der Waals surface area contributed by atoms with E-state index in [0.717, 1.165) is 84.9 Å². The fraction of sp³-hybridized carbons (Fsp3) is 0.500. The van der Waals surface area contributed by atoms with Crippen molar-refractivity contribution in [3.05, 3.63) is 23.2 Å². The van der Waals surface area contributed by atoms with Gasteiger partial charge >= 0.3 is 0 Å². The summed E-state index contributed by atoms with van der Waals surface area (Å²) in [6, 6.07) is 4.18. The Morgan fingerprint density at radius 2 is 2.00 bits per heavy atom. The molecule has 3 heterocycles. The van der Waals surface area contributed by atoms with Crippen molar-refractivity contribution in [3.63, 3.8) is 0 Å². The van der Waals surface area contributed by atoms with Gasteiger partial charge in [-0.1, -0.05) is 0 Å². The fourth-order valence-corrected chi connectivity index (χ4v) is 3.83. The third-order valence-corrected chi connectivity index (χ3v) is 5.22. The topological polar surface area (TPSA) is 71.0 Å². The first kappa shape index (κ1) is 22.8. The Balaban J connectivity index is 0.00000140. The molecule has 28 heavy (non-hydrogen) atoms. The lowest BCUT2D eigenvalue weighted by atomic mass is 10.2. The number of morpholine rings is 1. The van der Waals surface area contributed by atoms with Crippen LogP contribution in [0.15, 0.2) is 18.5 Å².